The minimum atomic E-state index is -0.581. The minimum Gasteiger partial charge on any atom is -0.497 e. The molecule has 2 aromatic carbocycles. The summed E-state index contributed by atoms with van der Waals surface area (Å²) in [5.74, 6) is 1.00. The molecule has 39 heavy (non-hydrogen) atoms. The van der Waals surface area contributed by atoms with Gasteiger partial charge in [0.2, 0.25) is 0 Å². The molecule has 0 spiro atoms. The molecule has 1 aliphatic carbocycles. The van der Waals surface area contributed by atoms with E-state index in [-0.39, 0.29) is 17.6 Å². The maximum absolute atomic E-state index is 13.9. The number of carbonyl (C=O) groups excluding carboxylic acids is 2. The minimum absolute atomic E-state index is 0.00327. The molecule has 0 fully saturated rings. The Hall–Kier alpha value is -4.59. The highest BCUT2D eigenvalue weighted by molar-refractivity contribution is 6.10. The van der Waals surface area contributed by atoms with Gasteiger partial charge in [0.05, 0.1) is 33.2 Å². The second-order valence-electron chi connectivity index (χ2n) is 9.60. The number of pyridine rings is 1. The molecule has 200 valence electrons. The maximum Gasteiger partial charge on any atom is 0.254 e. The summed E-state index contributed by atoms with van der Waals surface area (Å²) < 4.78 is 16.3. The summed E-state index contributed by atoms with van der Waals surface area (Å²) in [6.45, 7) is 1.87. The summed E-state index contributed by atoms with van der Waals surface area (Å²) >= 11 is 0. The molecular weight excluding hydrogens is 494 g/mol. The number of rotatable bonds is 7. The van der Waals surface area contributed by atoms with Gasteiger partial charge in [0.15, 0.2) is 17.3 Å². The molecule has 1 aromatic heterocycles. The highest BCUT2D eigenvalue weighted by atomic mass is 16.5. The number of anilines is 1. The van der Waals surface area contributed by atoms with Crippen LogP contribution in [0, 0.1) is 0 Å². The van der Waals surface area contributed by atoms with Gasteiger partial charge in [0.1, 0.15) is 5.75 Å². The third-order valence-corrected chi connectivity index (χ3v) is 7.32. The molecule has 3 aromatic rings. The van der Waals surface area contributed by atoms with E-state index < -0.39 is 5.92 Å². The Balaban J connectivity index is 1.58. The number of nitrogens with zero attached hydrogens (tertiary/aromatic N) is 1. The third-order valence-electron chi connectivity index (χ3n) is 7.32. The number of aromatic nitrogens is 1. The fourth-order valence-electron chi connectivity index (χ4n) is 5.45. The molecule has 2 aliphatic rings. The molecule has 2 unspecified atom stereocenters. The number of amides is 1. The van der Waals surface area contributed by atoms with Gasteiger partial charge in [-0.25, -0.2) is 0 Å². The third kappa shape index (κ3) is 5.10. The van der Waals surface area contributed by atoms with Crippen molar-refractivity contribution in [3.05, 3.63) is 101 Å². The van der Waals surface area contributed by atoms with Crippen LogP contribution in [0.4, 0.5) is 5.69 Å². The fourth-order valence-corrected chi connectivity index (χ4v) is 5.45. The number of allylic oxidation sites excluding steroid dienone is 3. The van der Waals surface area contributed by atoms with Gasteiger partial charge < -0.3 is 24.8 Å². The highest BCUT2D eigenvalue weighted by Gasteiger charge is 2.41. The van der Waals surface area contributed by atoms with Crippen LogP contribution >= 0.6 is 0 Å². The fraction of sp³-hybridized carbons (Fsp3) is 0.258. The predicted octanol–water partition coefficient (Wildman–Crippen LogP) is 5.11. The van der Waals surface area contributed by atoms with Crippen LogP contribution in [-0.4, -0.2) is 38.0 Å². The lowest BCUT2D eigenvalue weighted by molar-refractivity contribution is -0.116. The number of hydrogen-bond donors (Lipinski definition) is 2. The average Bonchev–Trinajstić information content (AvgIpc) is 2.96. The Morgan fingerprint density at radius 2 is 1.69 bits per heavy atom. The van der Waals surface area contributed by atoms with Gasteiger partial charge in [-0.2, -0.15) is 0 Å². The molecule has 2 heterocycles. The number of hydrogen-bond acceptors (Lipinski definition) is 7. The molecule has 2 atom stereocenters. The quantitative estimate of drug-likeness (QED) is 0.442. The first-order valence-electron chi connectivity index (χ1n) is 12.7. The molecule has 8 nitrogen and oxygen atoms in total. The van der Waals surface area contributed by atoms with Crippen molar-refractivity contribution in [1.82, 2.24) is 10.3 Å². The van der Waals surface area contributed by atoms with E-state index >= 15 is 0 Å². The van der Waals surface area contributed by atoms with E-state index in [4.69, 9.17) is 14.2 Å². The first kappa shape index (κ1) is 26.0. The predicted molar refractivity (Wildman–Crippen MR) is 148 cm³/mol. The normalized spacial score (nSPS) is 18.7. The molecule has 0 saturated carbocycles. The van der Waals surface area contributed by atoms with Gasteiger partial charge in [-0.05, 0) is 66.8 Å². The maximum atomic E-state index is 13.9. The Morgan fingerprint density at radius 3 is 2.36 bits per heavy atom. The molecule has 2 N–H and O–H groups in total. The van der Waals surface area contributed by atoms with Crippen molar-refractivity contribution >= 4 is 17.4 Å². The number of dihydropyridines is 1. The van der Waals surface area contributed by atoms with Crippen LogP contribution in [0.25, 0.3) is 0 Å². The molecule has 5 rings (SSSR count). The summed E-state index contributed by atoms with van der Waals surface area (Å²) in [6.07, 6.45) is 4.22. The Morgan fingerprint density at radius 1 is 0.949 bits per heavy atom. The van der Waals surface area contributed by atoms with Gasteiger partial charge >= 0.3 is 0 Å². The second-order valence-corrected chi connectivity index (χ2v) is 9.60. The van der Waals surface area contributed by atoms with E-state index in [1.54, 1.807) is 51.9 Å². The van der Waals surface area contributed by atoms with Crippen molar-refractivity contribution in [3.8, 4) is 17.2 Å². The summed E-state index contributed by atoms with van der Waals surface area (Å²) in [6, 6.07) is 16.9. The van der Waals surface area contributed by atoms with Crippen LogP contribution in [0.3, 0.4) is 0 Å². The summed E-state index contributed by atoms with van der Waals surface area (Å²) in [7, 11) is 4.77. The van der Waals surface area contributed by atoms with Crippen molar-refractivity contribution in [3.63, 3.8) is 0 Å². The molecule has 1 aliphatic heterocycles. The van der Waals surface area contributed by atoms with Crippen molar-refractivity contribution in [1.29, 1.82) is 0 Å². The van der Waals surface area contributed by atoms with E-state index in [1.807, 2.05) is 43.3 Å². The van der Waals surface area contributed by atoms with Crippen LogP contribution in [0.5, 0.6) is 17.2 Å². The SMILES string of the molecule is COc1ccc(C2CC(=O)C3=C(C2)NC(C)=C(C(=O)Nc2cccnc2)C3c2ccc(OC)c(OC)c2)cc1. The lowest BCUT2D eigenvalue weighted by Crippen LogP contribution is -2.37. The van der Waals surface area contributed by atoms with E-state index in [1.165, 1.54) is 0 Å². The molecule has 0 bridgehead atoms. The summed E-state index contributed by atoms with van der Waals surface area (Å²) in [5.41, 5.74) is 5.02. The molecule has 0 saturated heterocycles. The smallest absolute Gasteiger partial charge is 0.254 e. The monoisotopic (exact) mass is 525 g/mol. The lowest BCUT2D eigenvalue weighted by atomic mass is 9.71. The van der Waals surface area contributed by atoms with Gasteiger partial charge in [-0.15, -0.1) is 0 Å². The number of Topliss-reactive ketones (excluding diaryl/α,β-unsaturated/α-hetero) is 1. The van der Waals surface area contributed by atoms with Crippen LogP contribution in [-0.2, 0) is 9.59 Å². The van der Waals surface area contributed by atoms with Crippen LogP contribution in [0.15, 0.2) is 89.5 Å². The van der Waals surface area contributed by atoms with E-state index in [0.717, 1.165) is 22.6 Å². The van der Waals surface area contributed by atoms with Crippen LogP contribution in [0.2, 0.25) is 0 Å². The number of carbonyl (C=O) groups is 2. The lowest BCUT2D eigenvalue weighted by Gasteiger charge is -2.37. The van der Waals surface area contributed by atoms with Crippen molar-refractivity contribution in [2.75, 3.05) is 26.6 Å². The summed E-state index contributed by atoms with van der Waals surface area (Å²) in [4.78, 5) is 31.7. The molecule has 1 amide bonds. The zero-order valence-corrected chi connectivity index (χ0v) is 22.4. The van der Waals surface area contributed by atoms with E-state index in [0.29, 0.717) is 46.9 Å². The Kier molecular flexibility index (Phi) is 7.36. The zero-order chi connectivity index (χ0) is 27.5. The van der Waals surface area contributed by atoms with Crippen molar-refractivity contribution in [2.45, 2.75) is 31.6 Å². The second kappa shape index (κ2) is 11.0. The van der Waals surface area contributed by atoms with E-state index in [9.17, 15) is 9.59 Å². The number of ketones is 1. The Labute approximate surface area is 227 Å². The van der Waals surface area contributed by atoms with Gasteiger partial charge in [0.25, 0.3) is 5.91 Å². The van der Waals surface area contributed by atoms with Crippen molar-refractivity contribution in [2.24, 2.45) is 0 Å². The summed E-state index contributed by atoms with van der Waals surface area (Å²) in [5, 5.41) is 6.37. The molecular formula is C31H31N3O5. The van der Waals surface area contributed by atoms with Crippen LogP contribution in [0.1, 0.15) is 42.7 Å². The van der Waals surface area contributed by atoms with Gasteiger partial charge in [0, 0.05) is 41.1 Å². The highest BCUT2D eigenvalue weighted by Crippen LogP contribution is 2.47. The number of benzene rings is 2. The number of methoxy groups -OCH3 is 3. The first-order valence-corrected chi connectivity index (χ1v) is 12.7. The van der Waals surface area contributed by atoms with Crippen LogP contribution < -0.4 is 24.8 Å². The number of ether oxygens (including phenoxy) is 3. The topological polar surface area (TPSA) is 98.8 Å². The molecule has 8 heteroatoms. The van der Waals surface area contributed by atoms with E-state index in [2.05, 4.69) is 15.6 Å². The molecule has 0 radical (unpaired) electrons. The first-order chi connectivity index (χ1) is 18.9. The largest absolute Gasteiger partial charge is 0.497 e. The van der Waals surface area contributed by atoms with Crippen molar-refractivity contribution < 1.29 is 23.8 Å². The Bertz CT molecular complexity index is 1460. The average molecular weight is 526 g/mol. The standard InChI is InChI=1S/C31H31N3O5/c1-18-28(31(36)34-22-6-5-13-32-17-22)29(20-9-12-26(38-3)27(16-20)39-4)30-24(33-18)14-21(15-25(30)35)19-7-10-23(37-2)11-8-19/h5-13,16-17,21,29,33H,14-15H2,1-4H3,(H,34,36). The van der Waals surface area contributed by atoms with Gasteiger partial charge in [-0.1, -0.05) is 18.2 Å². The van der Waals surface area contributed by atoms with Gasteiger partial charge in [-0.3, -0.25) is 14.6 Å². The number of nitrogens with one attached hydrogen (secondary N) is 2. The zero-order valence-electron chi connectivity index (χ0n) is 22.4.